The van der Waals surface area contributed by atoms with E-state index in [0.29, 0.717) is 5.89 Å². The Morgan fingerprint density at radius 2 is 2.17 bits per heavy atom. The van der Waals surface area contributed by atoms with E-state index in [-0.39, 0.29) is 0 Å². The highest BCUT2D eigenvalue weighted by Crippen LogP contribution is 2.26. The Labute approximate surface area is 156 Å². The molecule has 24 heavy (non-hydrogen) atoms. The molecular weight excluding hydrogens is 411 g/mol. The number of likely N-dealkylation sites (tertiary alicyclic amines) is 1. The molecule has 1 aromatic heterocycles. The van der Waals surface area contributed by atoms with Gasteiger partial charge in [0.15, 0.2) is 5.58 Å². The van der Waals surface area contributed by atoms with E-state index in [1.165, 1.54) is 35.1 Å². The fraction of sp³-hybridized carbons (Fsp3) is 0.350. The van der Waals surface area contributed by atoms with Crippen LogP contribution in [0.15, 0.2) is 46.9 Å². The molecule has 124 valence electrons. The number of nitrogens with zero attached hydrogens (tertiary/aromatic N) is 2. The first kappa shape index (κ1) is 16.1. The monoisotopic (exact) mass is 432 g/mol. The fourth-order valence-corrected chi connectivity index (χ4v) is 4.05. The summed E-state index contributed by atoms with van der Waals surface area (Å²) in [4.78, 5) is 7.26. The summed E-state index contributed by atoms with van der Waals surface area (Å²) in [7, 11) is 0. The van der Waals surface area contributed by atoms with Crippen molar-refractivity contribution in [1.29, 1.82) is 0 Å². The van der Waals surface area contributed by atoms with Gasteiger partial charge in [-0.3, -0.25) is 4.90 Å². The average Bonchev–Trinajstić information content (AvgIpc) is 2.98. The van der Waals surface area contributed by atoms with E-state index < -0.39 is 0 Å². The summed E-state index contributed by atoms with van der Waals surface area (Å²) in [5.41, 5.74) is 4.16. The van der Waals surface area contributed by atoms with Crippen LogP contribution in [0.1, 0.15) is 25.3 Å². The number of benzene rings is 2. The predicted molar refractivity (Wildman–Crippen MR) is 106 cm³/mol. The zero-order valence-electron chi connectivity index (χ0n) is 13.8. The molecule has 1 atom stereocenters. The van der Waals surface area contributed by atoms with Crippen LogP contribution in [0.3, 0.4) is 0 Å². The summed E-state index contributed by atoms with van der Waals surface area (Å²) in [5.74, 6) is 1.51. The van der Waals surface area contributed by atoms with Gasteiger partial charge in [0.05, 0.1) is 0 Å². The molecule has 0 saturated carbocycles. The fourth-order valence-electron chi connectivity index (χ4n) is 3.50. The summed E-state index contributed by atoms with van der Waals surface area (Å²) in [6.07, 6.45) is 2.67. The smallest absolute Gasteiger partial charge is 0.227 e. The van der Waals surface area contributed by atoms with E-state index in [0.717, 1.165) is 29.1 Å². The van der Waals surface area contributed by atoms with Crippen LogP contribution < -0.4 is 0 Å². The molecular formula is C20H21IN2O. The molecule has 0 aliphatic carbocycles. The topological polar surface area (TPSA) is 29.3 Å². The van der Waals surface area contributed by atoms with Crippen molar-refractivity contribution in [2.75, 3.05) is 13.1 Å². The van der Waals surface area contributed by atoms with Crippen molar-refractivity contribution in [3.63, 3.8) is 0 Å². The summed E-state index contributed by atoms with van der Waals surface area (Å²) >= 11 is 2.31. The molecule has 0 bridgehead atoms. The first-order chi connectivity index (χ1) is 11.7. The summed E-state index contributed by atoms with van der Waals surface area (Å²) in [6, 6.07) is 14.7. The lowest BCUT2D eigenvalue weighted by atomic mass is 10.00. The van der Waals surface area contributed by atoms with Gasteiger partial charge in [-0.2, -0.15) is 0 Å². The Balaban J connectivity index is 1.59. The van der Waals surface area contributed by atoms with Crippen molar-refractivity contribution in [2.45, 2.75) is 26.3 Å². The van der Waals surface area contributed by atoms with Crippen LogP contribution in [0.4, 0.5) is 0 Å². The van der Waals surface area contributed by atoms with E-state index in [4.69, 9.17) is 9.40 Å². The number of aromatic nitrogens is 1. The Morgan fingerprint density at radius 3 is 3.00 bits per heavy atom. The second-order valence-electron chi connectivity index (χ2n) is 6.81. The van der Waals surface area contributed by atoms with Gasteiger partial charge in [-0.25, -0.2) is 4.98 Å². The van der Waals surface area contributed by atoms with E-state index in [2.05, 4.69) is 64.7 Å². The van der Waals surface area contributed by atoms with Crippen LogP contribution in [0.2, 0.25) is 0 Å². The lowest BCUT2D eigenvalue weighted by Crippen LogP contribution is -2.33. The first-order valence-electron chi connectivity index (χ1n) is 8.55. The Bertz CT molecular complexity index is 858. The second kappa shape index (κ2) is 6.84. The quantitative estimate of drug-likeness (QED) is 0.524. The van der Waals surface area contributed by atoms with Crippen molar-refractivity contribution in [3.05, 3.63) is 51.6 Å². The number of piperidine rings is 1. The summed E-state index contributed by atoms with van der Waals surface area (Å²) in [6.45, 7) is 5.76. The van der Waals surface area contributed by atoms with Crippen molar-refractivity contribution >= 4 is 33.7 Å². The Kier molecular flexibility index (Phi) is 4.59. The van der Waals surface area contributed by atoms with Gasteiger partial charge in [0, 0.05) is 22.2 Å². The zero-order chi connectivity index (χ0) is 16.5. The third-order valence-corrected chi connectivity index (χ3v) is 5.34. The second-order valence-corrected chi connectivity index (χ2v) is 8.06. The number of oxazole rings is 1. The predicted octanol–water partition coefficient (Wildman–Crippen LogP) is 5.33. The minimum atomic E-state index is 0.701. The molecule has 3 aromatic rings. The van der Waals surface area contributed by atoms with Gasteiger partial charge >= 0.3 is 0 Å². The minimum Gasteiger partial charge on any atom is -0.436 e. The SMILES string of the molecule is C[C@H]1CCCN(Cc2ccc3oc(-c4cccc(I)c4)nc3c2)C1. The molecule has 0 N–H and O–H groups in total. The number of hydrogen-bond donors (Lipinski definition) is 0. The molecule has 1 aliphatic heterocycles. The molecule has 0 spiro atoms. The molecule has 0 amide bonds. The molecule has 1 aliphatic rings. The third kappa shape index (κ3) is 3.49. The molecule has 0 unspecified atom stereocenters. The van der Waals surface area contributed by atoms with Crippen LogP contribution in [-0.4, -0.2) is 23.0 Å². The zero-order valence-corrected chi connectivity index (χ0v) is 16.0. The maximum absolute atomic E-state index is 5.94. The van der Waals surface area contributed by atoms with Crippen LogP contribution in [-0.2, 0) is 6.54 Å². The van der Waals surface area contributed by atoms with Gasteiger partial charge in [-0.1, -0.05) is 19.1 Å². The van der Waals surface area contributed by atoms with E-state index >= 15 is 0 Å². The van der Waals surface area contributed by atoms with Gasteiger partial charge in [-0.15, -0.1) is 0 Å². The number of hydrogen-bond acceptors (Lipinski definition) is 3. The molecule has 2 aromatic carbocycles. The highest BCUT2D eigenvalue weighted by atomic mass is 127. The molecule has 1 fully saturated rings. The molecule has 4 rings (SSSR count). The van der Waals surface area contributed by atoms with Crippen molar-refractivity contribution < 1.29 is 4.42 Å². The highest BCUT2D eigenvalue weighted by Gasteiger charge is 2.17. The van der Waals surface area contributed by atoms with Crippen molar-refractivity contribution in [1.82, 2.24) is 9.88 Å². The molecule has 0 radical (unpaired) electrons. The average molecular weight is 432 g/mol. The van der Waals surface area contributed by atoms with E-state index in [1.54, 1.807) is 0 Å². The van der Waals surface area contributed by atoms with Gasteiger partial charge in [-0.05, 0) is 83.8 Å². The molecule has 3 nitrogen and oxygen atoms in total. The first-order valence-corrected chi connectivity index (χ1v) is 9.63. The van der Waals surface area contributed by atoms with E-state index in [1.807, 2.05) is 12.1 Å². The van der Waals surface area contributed by atoms with Gasteiger partial charge < -0.3 is 4.42 Å². The highest BCUT2D eigenvalue weighted by molar-refractivity contribution is 14.1. The number of halogens is 1. The lowest BCUT2D eigenvalue weighted by molar-refractivity contribution is 0.176. The Hall–Kier alpha value is -1.40. The normalized spacial score (nSPS) is 19.0. The Morgan fingerprint density at radius 1 is 1.25 bits per heavy atom. The maximum Gasteiger partial charge on any atom is 0.227 e. The molecule has 1 saturated heterocycles. The van der Waals surface area contributed by atoms with Gasteiger partial charge in [0.25, 0.3) is 0 Å². The van der Waals surface area contributed by atoms with Crippen LogP contribution >= 0.6 is 22.6 Å². The number of rotatable bonds is 3. The van der Waals surface area contributed by atoms with Crippen molar-refractivity contribution in [2.24, 2.45) is 5.92 Å². The summed E-state index contributed by atoms with van der Waals surface area (Å²) in [5, 5.41) is 0. The summed E-state index contributed by atoms with van der Waals surface area (Å²) < 4.78 is 7.13. The van der Waals surface area contributed by atoms with E-state index in [9.17, 15) is 0 Å². The standard InChI is InChI=1S/C20H21IN2O/c1-14-4-3-9-23(12-14)13-15-7-8-19-18(10-15)22-20(24-19)16-5-2-6-17(21)11-16/h2,5-8,10-11,14H,3-4,9,12-13H2,1H3/t14-/m0/s1. The third-order valence-electron chi connectivity index (χ3n) is 4.67. The number of fused-ring (bicyclic) bond motifs is 1. The largest absolute Gasteiger partial charge is 0.436 e. The lowest BCUT2D eigenvalue weighted by Gasteiger charge is -2.30. The van der Waals surface area contributed by atoms with Crippen LogP contribution in [0.5, 0.6) is 0 Å². The van der Waals surface area contributed by atoms with Crippen LogP contribution in [0.25, 0.3) is 22.6 Å². The van der Waals surface area contributed by atoms with Crippen molar-refractivity contribution in [3.8, 4) is 11.5 Å². The maximum atomic E-state index is 5.94. The minimum absolute atomic E-state index is 0.701. The van der Waals surface area contributed by atoms with Gasteiger partial charge in [0.2, 0.25) is 5.89 Å². The van der Waals surface area contributed by atoms with Crippen LogP contribution in [0, 0.1) is 9.49 Å². The molecule has 2 heterocycles. The molecule has 4 heteroatoms. The van der Waals surface area contributed by atoms with Gasteiger partial charge in [0.1, 0.15) is 5.52 Å².